The standard InChI is InChI=1S/C17H24N2/c1-4-18-17(11-10-13(2)3)14-7-5-9-16-15(14)8-6-12-19-16/h5-9,12-13,17-18H,4,10-11H2,1-3H3. The van der Waals surface area contributed by atoms with Crippen molar-refractivity contribution in [3.8, 4) is 0 Å². The molecule has 0 spiro atoms. The summed E-state index contributed by atoms with van der Waals surface area (Å²) in [5.74, 6) is 0.745. The summed E-state index contributed by atoms with van der Waals surface area (Å²) in [6, 6.07) is 11.1. The van der Waals surface area contributed by atoms with Crippen molar-refractivity contribution in [3.05, 3.63) is 42.1 Å². The maximum absolute atomic E-state index is 4.45. The highest BCUT2D eigenvalue weighted by atomic mass is 14.9. The van der Waals surface area contributed by atoms with E-state index in [9.17, 15) is 0 Å². The molecule has 2 rings (SSSR count). The highest BCUT2D eigenvalue weighted by molar-refractivity contribution is 5.82. The summed E-state index contributed by atoms with van der Waals surface area (Å²) in [6.45, 7) is 7.74. The van der Waals surface area contributed by atoms with Gasteiger partial charge in [0.2, 0.25) is 0 Å². The number of aromatic nitrogens is 1. The van der Waals surface area contributed by atoms with Crippen LogP contribution in [0, 0.1) is 5.92 Å². The maximum atomic E-state index is 4.45. The Kier molecular flexibility index (Phi) is 4.92. The van der Waals surface area contributed by atoms with Gasteiger partial charge in [0.1, 0.15) is 0 Å². The van der Waals surface area contributed by atoms with Gasteiger partial charge >= 0.3 is 0 Å². The molecule has 0 saturated carbocycles. The van der Waals surface area contributed by atoms with Crippen molar-refractivity contribution in [1.29, 1.82) is 0 Å². The molecule has 19 heavy (non-hydrogen) atoms. The number of rotatable bonds is 6. The van der Waals surface area contributed by atoms with Crippen LogP contribution < -0.4 is 5.32 Å². The van der Waals surface area contributed by atoms with Gasteiger partial charge in [-0.1, -0.05) is 39.0 Å². The quantitative estimate of drug-likeness (QED) is 0.832. The van der Waals surface area contributed by atoms with E-state index in [1.165, 1.54) is 23.8 Å². The van der Waals surface area contributed by atoms with Crippen LogP contribution in [0.2, 0.25) is 0 Å². The smallest absolute Gasteiger partial charge is 0.0705 e. The second-order valence-electron chi connectivity index (χ2n) is 5.50. The first-order chi connectivity index (χ1) is 9.22. The number of hydrogen-bond acceptors (Lipinski definition) is 2. The summed E-state index contributed by atoms with van der Waals surface area (Å²) < 4.78 is 0. The maximum Gasteiger partial charge on any atom is 0.0705 e. The number of hydrogen-bond donors (Lipinski definition) is 1. The second kappa shape index (κ2) is 6.67. The molecule has 0 aliphatic rings. The van der Waals surface area contributed by atoms with E-state index in [0.717, 1.165) is 18.0 Å². The third-order valence-corrected chi connectivity index (χ3v) is 3.54. The lowest BCUT2D eigenvalue weighted by Gasteiger charge is -2.21. The Labute approximate surface area is 116 Å². The molecule has 1 heterocycles. The average Bonchev–Trinajstić information content (AvgIpc) is 2.43. The lowest BCUT2D eigenvalue weighted by molar-refractivity contribution is 0.450. The molecule has 0 fully saturated rings. The first-order valence-electron chi connectivity index (χ1n) is 7.29. The van der Waals surface area contributed by atoms with Crippen molar-refractivity contribution in [2.45, 2.75) is 39.7 Å². The van der Waals surface area contributed by atoms with Gasteiger partial charge in [0.25, 0.3) is 0 Å². The molecule has 0 bridgehead atoms. The van der Waals surface area contributed by atoms with E-state index in [4.69, 9.17) is 0 Å². The van der Waals surface area contributed by atoms with Crippen LogP contribution in [0.3, 0.4) is 0 Å². The van der Waals surface area contributed by atoms with Gasteiger partial charge in [-0.15, -0.1) is 0 Å². The minimum atomic E-state index is 0.431. The van der Waals surface area contributed by atoms with Crippen LogP contribution in [-0.2, 0) is 0 Å². The van der Waals surface area contributed by atoms with Crippen molar-refractivity contribution in [3.63, 3.8) is 0 Å². The van der Waals surface area contributed by atoms with Gasteiger partial charge in [-0.3, -0.25) is 4.98 Å². The summed E-state index contributed by atoms with van der Waals surface area (Å²) in [5.41, 5.74) is 2.47. The Bertz CT molecular complexity index is 514. The fourth-order valence-corrected chi connectivity index (χ4v) is 2.54. The molecule has 0 radical (unpaired) electrons. The van der Waals surface area contributed by atoms with Gasteiger partial charge < -0.3 is 5.32 Å². The molecule has 1 N–H and O–H groups in total. The number of nitrogens with zero attached hydrogens (tertiary/aromatic N) is 1. The lowest BCUT2D eigenvalue weighted by Crippen LogP contribution is -2.21. The van der Waals surface area contributed by atoms with Crippen LogP contribution >= 0.6 is 0 Å². The predicted octanol–water partition coefficient (Wildman–Crippen LogP) is 4.32. The molecule has 2 heteroatoms. The largest absolute Gasteiger partial charge is 0.310 e. The highest BCUT2D eigenvalue weighted by Crippen LogP contribution is 2.27. The van der Waals surface area contributed by atoms with Crippen LogP contribution in [-0.4, -0.2) is 11.5 Å². The molecule has 2 nitrogen and oxygen atoms in total. The summed E-state index contributed by atoms with van der Waals surface area (Å²) in [5, 5.41) is 4.90. The van der Waals surface area contributed by atoms with E-state index >= 15 is 0 Å². The van der Waals surface area contributed by atoms with Crippen LogP contribution in [0.15, 0.2) is 36.5 Å². The molecule has 0 amide bonds. The summed E-state index contributed by atoms with van der Waals surface area (Å²) >= 11 is 0. The topological polar surface area (TPSA) is 24.9 Å². The van der Waals surface area contributed by atoms with Gasteiger partial charge in [0, 0.05) is 17.6 Å². The number of benzene rings is 1. The Morgan fingerprint density at radius 1 is 1.11 bits per heavy atom. The van der Waals surface area contributed by atoms with Crippen LogP contribution in [0.25, 0.3) is 10.9 Å². The van der Waals surface area contributed by atoms with Gasteiger partial charge in [0.15, 0.2) is 0 Å². The van der Waals surface area contributed by atoms with E-state index < -0.39 is 0 Å². The Morgan fingerprint density at radius 2 is 1.95 bits per heavy atom. The second-order valence-corrected chi connectivity index (χ2v) is 5.50. The molecular formula is C17H24N2. The Hall–Kier alpha value is -1.41. The molecule has 0 aliphatic carbocycles. The van der Waals surface area contributed by atoms with E-state index in [2.05, 4.69) is 55.3 Å². The van der Waals surface area contributed by atoms with Crippen molar-refractivity contribution >= 4 is 10.9 Å². The van der Waals surface area contributed by atoms with E-state index in [-0.39, 0.29) is 0 Å². The third kappa shape index (κ3) is 3.54. The van der Waals surface area contributed by atoms with E-state index in [1.54, 1.807) is 0 Å². The Balaban J connectivity index is 2.32. The van der Waals surface area contributed by atoms with E-state index in [1.807, 2.05) is 12.3 Å². The normalized spacial score (nSPS) is 13.1. The number of fused-ring (bicyclic) bond motifs is 1. The predicted molar refractivity (Wildman–Crippen MR) is 82.2 cm³/mol. The molecular weight excluding hydrogens is 232 g/mol. The fourth-order valence-electron chi connectivity index (χ4n) is 2.54. The number of nitrogens with one attached hydrogen (secondary N) is 1. The van der Waals surface area contributed by atoms with Crippen molar-refractivity contribution in [1.82, 2.24) is 10.3 Å². The lowest BCUT2D eigenvalue weighted by atomic mass is 9.94. The zero-order valence-electron chi connectivity index (χ0n) is 12.2. The van der Waals surface area contributed by atoms with Gasteiger partial charge in [0.05, 0.1) is 5.52 Å². The highest BCUT2D eigenvalue weighted by Gasteiger charge is 2.13. The van der Waals surface area contributed by atoms with Crippen molar-refractivity contribution < 1.29 is 0 Å². The summed E-state index contributed by atoms with van der Waals surface area (Å²) in [6.07, 6.45) is 4.29. The van der Waals surface area contributed by atoms with Gasteiger partial charge in [-0.05, 0) is 43.0 Å². The Morgan fingerprint density at radius 3 is 2.68 bits per heavy atom. The molecule has 0 saturated heterocycles. The minimum absolute atomic E-state index is 0.431. The molecule has 2 aromatic rings. The molecule has 1 unspecified atom stereocenters. The SMILES string of the molecule is CCNC(CCC(C)C)c1cccc2ncccc12. The summed E-state index contributed by atoms with van der Waals surface area (Å²) in [4.78, 5) is 4.45. The van der Waals surface area contributed by atoms with Crippen LogP contribution in [0.5, 0.6) is 0 Å². The first kappa shape index (κ1) is 14.0. The molecule has 1 aromatic heterocycles. The van der Waals surface area contributed by atoms with E-state index in [0.29, 0.717) is 6.04 Å². The van der Waals surface area contributed by atoms with Crippen LogP contribution in [0.4, 0.5) is 0 Å². The first-order valence-corrected chi connectivity index (χ1v) is 7.29. The van der Waals surface area contributed by atoms with Crippen molar-refractivity contribution in [2.24, 2.45) is 5.92 Å². The minimum Gasteiger partial charge on any atom is -0.310 e. The number of pyridine rings is 1. The molecule has 0 aliphatic heterocycles. The molecule has 102 valence electrons. The van der Waals surface area contributed by atoms with Crippen molar-refractivity contribution in [2.75, 3.05) is 6.54 Å². The summed E-state index contributed by atoms with van der Waals surface area (Å²) in [7, 11) is 0. The molecule has 1 atom stereocenters. The third-order valence-electron chi connectivity index (χ3n) is 3.54. The molecule has 1 aromatic carbocycles. The fraction of sp³-hybridized carbons (Fsp3) is 0.471. The van der Waals surface area contributed by atoms with Gasteiger partial charge in [-0.25, -0.2) is 0 Å². The van der Waals surface area contributed by atoms with Gasteiger partial charge in [-0.2, -0.15) is 0 Å². The monoisotopic (exact) mass is 256 g/mol. The van der Waals surface area contributed by atoms with Crippen LogP contribution in [0.1, 0.15) is 45.2 Å². The zero-order valence-corrected chi connectivity index (χ0v) is 12.2. The zero-order chi connectivity index (χ0) is 13.7. The average molecular weight is 256 g/mol.